The van der Waals surface area contributed by atoms with Crippen molar-refractivity contribution in [1.29, 1.82) is 0 Å². The number of fused-ring (bicyclic) bond motifs is 1. The van der Waals surface area contributed by atoms with Gasteiger partial charge >= 0.3 is 0 Å². The minimum absolute atomic E-state index is 0. The molecule has 0 atom stereocenters. The van der Waals surface area contributed by atoms with Crippen molar-refractivity contribution in [3.63, 3.8) is 0 Å². The molecule has 3 nitrogen and oxygen atoms in total. The zero-order valence-corrected chi connectivity index (χ0v) is 9.39. The number of benzene rings is 1. The Hall–Kier alpha value is -1.22. The maximum Gasteiger partial charge on any atom is 0.254 e. The molecule has 1 aromatic carbocycles. The van der Waals surface area contributed by atoms with Crippen LogP contribution in [0.3, 0.4) is 0 Å². The van der Waals surface area contributed by atoms with Crippen molar-refractivity contribution in [2.75, 3.05) is 13.7 Å². The highest BCUT2D eigenvalue weighted by Crippen LogP contribution is 2.28. The summed E-state index contributed by atoms with van der Waals surface area (Å²) < 4.78 is 5.52. The number of halogens is 1. The minimum atomic E-state index is -0.0799. The smallest absolute Gasteiger partial charge is 0.254 e. The first-order valence-electron chi connectivity index (χ1n) is 4.79. The van der Waals surface area contributed by atoms with E-state index >= 15 is 0 Å². The second-order valence-electron chi connectivity index (χ2n) is 3.32. The molecule has 1 N–H and O–H groups in total. The van der Waals surface area contributed by atoms with Gasteiger partial charge in [0.05, 0.1) is 12.2 Å². The SMILES string of the molecule is CNC(=O)c1cccc2c1OCCC2.Cl. The summed E-state index contributed by atoms with van der Waals surface area (Å²) in [7, 11) is 1.63. The Balaban J connectivity index is 0.00000112. The number of hydrogen-bond donors (Lipinski definition) is 1. The number of carbonyl (C=O) groups excluding carboxylic acids is 1. The summed E-state index contributed by atoms with van der Waals surface area (Å²) in [4.78, 5) is 11.5. The highest BCUT2D eigenvalue weighted by molar-refractivity contribution is 5.97. The molecule has 0 spiro atoms. The van der Waals surface area contributed by atoms with E-state index in [1.807, 2.05) is 12.1 Å². The largest absolute Gasteiger partial charge is 0.492 e. The summed E-state index contributed by atoms with van der Waals surface area (Å²) >= 11 is 0. The summed E-state index contributed by atoms with van der Waals surface area (Å²) in [5, 5.41) is 2.61. The molecule has 0 bridgehead atoms. The average Bonchev–Trinajstić information content (AvgIpc) is 2.27. The van der Waals surface area contributed by atoms with E-state index in [-0.39, 0.29) is 18.3 Å². The third kappa shape index (κ3) is 2.23. The lowest BCUT2D eigenvalue weighted by atomic mass is 10.0. The Morgan fingerprint density at radius 3 is 3.00 bits per heavy atom. The van der Waals surface area contributed by atoms with E-state index in [0.717, 1.165) is 24.2 Å². The van der Waals surface area contributed by atoms with Gasteiger partial charge in [0, 0.05) is 7.05 Å². The maximum absolute atomic E-state index is 11.5. The van der Waals surface area contributed by atoms with E-state index in [2.05, 4.69) is 5.32 Å². The third-order valence-corrected chi connectivity index (χ3v) is 2.41. The molecule has 1 heterocycles. The van der Waals surface area contributed by atoms with Gasteiger partial charge in [-0.25, -0.2) is 0 Å². The van der Waals surface area contributed by atoms with Crippen LogP contribution in [0.5, 0.6) is 5.75 Å². The predicted molar refractivity (Wildman–Crippen MR) is 60.9 cm³/mol. The van der Waals surface area contributed by atoms with Crippen molar-refractivity contribution in [3.05, 3.63) is 29.3 Å². The highest BCUT2D eigenvalue weighted by Gasteiger charge is 2.17. The maximum atomic E-state index is 11.5. The molecule has 1 aromatic rings. The zero-order chi connectivity index (χ0) is 9.97. The summed E-state index contributed by atoms with van der Waals surface area (Å²) in [5.41, 5.74) is 1.78. The fraction of sp³-hybridized carbons (Fsp3) is 0.364. The first-order valence-corrected chi connectivity index (χ1v) is 4.79. The predicted octanol–water partition coefficient (Wildman–Crippen LogP) is 1.79. The van der Waals surface area contributed by atoms with E-state index < -0.39 is 0 Å². The number of aryl methyl sites for hydroxylation is 1. The summed E-state index contributed by atoms with van der Waals surface area (Å²) in [5.74, 6) is 0.682. The fourth-order valence-electron chi connectivity index (χ4n) is 1.70. The molecule has 4 heteroatoms. The summed E-state index contributed by atoms with van der Waals surface area (Å²) in [6.07, 6.45) is 2.03. The van der Waals surface area contributed by atoms with Crippen LogP contribution in [0.1, 0.15) is 22.3 Å². The molecule has 0 saturated carbocycles. The lowest BCUT2D eigenvalue weighted by Crippen LogP contribution is -2.21. The molecule has 2 rings (SSSR count). The Labute approximate surface area is 95.2 Å². The van der Waals surface area contributed by atoms with E-state index in [0.29, 0.717) is 12.2 Å². The first kappa shape index (κ1) is 11.9. The second-order valence-corrected chi connectivity index (χ2v) is 3.32. The topological polar surface area (TPSA) is 38.3 Å². The normalized spacial score (nSPS) is 13.1. The number of nitrogens with one attached hydrogen (secondary N) is 1. The van der Waals surface area contributed by atoms with Crippen LogP contribution in [0.15, 0.2) is 18.2 Å². The van der Waals surface area contributed by atoms with E-state index in [1.54, 1.807) is 13.1 Å². The van der Waals surface area contributed by atoms with Crippen LogP contribution in [0.2, 0.25) is 0 Å². The van der Waals surface area contributed by atoms with Gasteiger partial charge in [0.2, 0.25) is 0 Å². The number of ether oxygens (including phenoxy) is 1. The number of amides is 1. The molecule has 0 fully saturated rings. The molecule has 0 saturated heterocycles. The lowest BCUT2D eigenvalue weighted by Gasteiger charge is -2.19. The lowest BCUT2D eigenvalue weighted by molar-refractivity contribution is 0.0958. The van der Waals surface area contributed by atoms with Gasteiger partial charge < -0.3 is 10.1 Å². The quantitative estimate of drug-likeness (QED) is 0.795. The van der Waals surface area contributed by atoms with Gasteiger partial charge in [-0.05, 0) is 24.5 Å². The van der Waals surface area contributed by atoms with Crippen LogP contribution in [-0.2, 0) is 6.42 Å². The van der Waals surface area contributed by atoms with Crippen LogP contribution in [0.25, 0.3) is 0 Å². The van der Waals surface area contributed by atoms with Gasteiger partial charge in [-0.3, -0.25) is 4.79 Å². The number of para-hydroxylation sites is 1. The molecule has 82 valence electrons. The fourth-order valence-corrected chi connectivity index (χ4v) is 1.70. The van der Waals surface area contributed by atoms with E-state index in [9.17, 15) is 4.79 Å². The molecule has 1 amide bonds. The van der Waals surface area contributed by atoms with Gasteiger partial charge in [0.25, 0.3) is 5.91 Å². The van der Waals surface area contributed by atoms with E-state index in [1.165, 1.54) is 0 Å². The van der Waals surface area contributed by atoms with Crippen molar-refractivity contribution in [3.8, 4) is 5.75 Å². The third-order valence-electron chi connectivity index (χ3n) is 2.41. The van der Waals surface area contributed by atoms with Crippen LogP contribution in [-0.4, -0.2) is 19.6 Å². The molecule has 0 aromatic heterocycles. The number of hydrogen-bond acceptors (Lipinski definition) is 2. The van der Waals surface area contributed by atoms with Crippen LogP contribution < -0.4 is 10.1 Å². The molecular weight excluding hydrogens is 214 g/mol. The average molecular weight is 228 g/mol. The first-order chi connectivity index (χ1) is 6.83. The molecule has 0 aliphatic carbocycles. The van der Waals surface area contributed by atoms with Gasteiger partial charge in [0.15, 0.2) is 0 Å². The zero-order valence-electron chi connectivity index (χ0n) is 8.58. The van der Waals surface area contributed by atoms with Crippen molar-refractivity contribution >= 4 is 18.3 Å². The van der Waals surface area contributed by atoms with Crippen molar-refractivity contribution in [2.45, 2.75) is 12.8 Å². The highest BCUT2D eigenvalue weighted by atomic mass is 35.5. The molecule has 0 unspecified atom stereocenters. The molecular formula is C11H14ClNO2. The summed E-state index contributed by atoms with van der Waals surface area (Å²) in [6.45, 7) is 0.709. The van der Waals surface area contributed by atoms with Crippen molar-refractivity contribution < 1.29 is 9.53 Å². The Bertz CT molecular complexity index is 366. The minimum Gasteiger partial charge on any atom is -0.492 e. The standard InChI is InChI=1S/C11H13NO2.ClH/c1-12-11(13)9-6-2-4-8-5-3-7-14-10(8)9;/h2,4,6H,3,5,7H2,1H3,(H,12,13);1H. The molecule has 1 aliphatic heterocycles. The van der Waals surface area contributed by atoms with Gasteiger partial charge in [0.1, 0.15) is 5.75 Å². The molecule has 15 heavy (non-hydrogen) atoms. The van der Waals surface area contributed by atoms with Gasteiger partial charge in [-0.1, -0.05) is 12.1 Å². The van der Waals surface area contributed by atoms with Crippen molar-refractivity contribution in [2.24, 2.45) is 0 Å². The molecule has 0 radical (unpaired) electrons. The van der Waals surface area contributed by atoms with Crippen LogP contribution in [0.4, 0.5) is 0 Å². The van der Waals surface area contributed by atoms with Crippen LogP contribution in [0, 0.1) is 0 Å². The number of carbonyl (C=O) groups is 1. The van der Waals surface area contributed by atoms with Crippen LogP contribution >= 0.6 is 12.4 Å². The monoisotopic (exact) mass is 227 g/mol. The second kappa shape index (κ2) is 5.03. The Morgan fingerprint density at radius 1 is 1.47 bits per heavy atom. The van der Waals surface area contributed by atoms with Crippen molar-refractivity contribution in [1.82, 2.24) is 5.32 Å². The number of rotatable bonds is 1. The Kier molecular flexibility index (Phi) is 3.97. The Morgan fingerprint density at radius 2 is 2.27 bits per heavy atom. The van der Waals surface area contributed by atoms with Gasteiger partial charge in [-0.15, -0.1) is 12.4 Å². The summed E-state index contributed by atoms with van der Waals surface area (Å²) in [6, 6.07) is 5.71. The molecule has 1 aliphatic rings. The van der Waals surface area contributed by atoms with Gasteiger partial charge in [-0.2, -0.15) is 0 Å². The van der Waals surface area contributed by atoms with E-state index in [4.69, 9.17) is 4.74 Å².